The molecule has 0 saturated heterocycles. The van der Waals surface area contributed by atoms with Crippen molar-refractivity contribution in [3.63, 3.8) is 0 Å². The van der Waals surface area contributed by atoms with Crippen molar-refractivity contribution in [2.75, 3.05) is 19.5 Å². The van der Waals surface area contributed by atoms with Crippen molar-refractivity contribution >= 4 is 23.1 Å². The summed E-state index contributed by atoms with van der Waals surface area (Å²) in [5, 5.41) is 2.51. The lowest BCUT2D eigenvalue weighted by Crippen LogP contribution is -2.22. The van der Waals surface area contributed by atoms with Crippen LogP contribution < -0.4 is 5.73 Å². The summed E-state index contributed by atoms with van der Waals surface area (Å²) in [7, 11) is 1.73. The van der Waals surface area contributed by atoms with E-state index in [1.54, 1.807) is 18.4 Å². The van der Waals surface area contributed by atoms with Gasteiger partial charge in [0.2, 0.25) is 0 Å². The van der Waals surface area contributed by atoms with Crippen LogP contribution in [0.5, 0.6) is 0 Å². The predicted octanol–water partition coefficient (Wildman–Crippen LogP) is 2.52. The molecule has 80 valence electrons. The smallest absolute Gasteiger partial charge is 0.0553 e. The van der Waals surface area contributed by atoms with Crippen molar-refractivity contribution in [3.05, 3.63) is 22.4 Å². The van der Waals surface area contributed by atoms with E-state index in [9.17, 15) is 0 Å². The molecule has 4 heteroatoms. The van der Waals surface area contributed by atoms with Crippen molar-refractivity contribution in [1.82, 2.24) is 0 Å². The number of thiophene rings is 1. The van der Waals surface area contributed by atoms with Gasteiger partial charge < -0.3 is 10.5 Å². The first-order chi connectivity index (χ1) is 6.75. The second-order valence-corrected chi connectivity index (χ2v) is 5.39. The van der Waals surface area contributed by atoms with E-state index in [0.717, 1.165) is 12.4 Å². The van der Waals surface area contributed by atoms with Crippen LogP contribution in [0.3, 0.4) is 0 Å². The summed E-state index contributed by atoms with van der Waals surface area (Å²) in [6, 6.07) is 4.42. The quantitative estimate of drug-likeness (QED) is 0.764. The number of ether oxygens (including phenoxy) is 1. The minimum absolute atomic E-state index is 0.190. The number of nitrogens with two attached hydrogens (primary N) is 1. The van der Waals surface area contributed by atoms with Gasteiger partial charge in [-0.15, -0.1) is 23.1 Å². The lowest BCUT2D eigenvalue weighted by atomic mass is 10.2. The minimum atomic E-state index is 0.190. The summed E-state index contributed by atoms with van der Waals surface area (Å²) in [6.07, 6.45) is 0. The van der Waals surface area contributed by atoms with E-state index in [1.807, 2.05) is 11.8 Å². The molecule has 0 fully saturated rings. The molecule has 0 amide bonds. The van der Waals surface area contributed by atoms with Gasteiger partial charge >= 0.3 is 0 Å². The molecule has 0 aromatic carbocycles. The summed E-state index contributed by atoms with van der Waals surface area (Å²) in [5.74, 6) is 1.00. The highest BCUT2D eigenvalue weighted by atomic mass is 32.2. The Morgan fingerprint density at radius 3 is 2.93 bits per heavy atom. The van der Waals surface area contributed by atoms with E-state index in [4.69, 9.17) is 10.5 Å². The van der Waals surface area contributed by atoms with Gasteiger partial charge in [0.15, 0.2) is 0 Å². The molecule has 14 heavy (non-hydrogen) atoms. The maximum absolute atomic E-state index is 5.96. The highest BCUT2D eigenvalue weighted by Crippen LogP contribution is 2.33. The Labute approximate surface area is 93.8 Å². The molecule has 0 bridgehead atoms. The zero-order valence-corrected chi connectivity index (χ0v) is 10.2. The number of thioether (sulfide) groups is 1. The number of hydrogen-bond acceptors (Lipinski definition) is 4. The van der Waals surface area contributed by atoms with E-state index < -0.39 is 0 Å². The summed E-state index contributed by atoms with van der Waals surface area (Å²) in [5.41, 5.74) is 5.96. The van der Waals surface area contributed by atoms with Gasteiger partial charge in [0.25, 0.3) is 0 Å². The van der Waals surface area contributed by atoms with Crippen LogP contribution in [-0.4, -0.2) is 25.5 Å². The Bertz CT molecular complexity index is 236. The van der Waals surface area contributed by atoms with Gasteiger partial charge in [-0.2, -0.15) is 0 Å². The van der Waals surface area contributed by atoms with Crippen LogP contribution in [0.15, 0.2) is 17.5 Å². The molecule has 2 N–H and O–H groups in total. The van der Waals surface area contributed by atoms with Gasteiger partial charge in [-0.1, -0.05) is 6.07 Å². The molecular weight excluding hydrogens is 214 g/mol. The standard InChI is InChI=1S/C10H17NOS2/c1-8(11)10(14-7-5-12-2)9-4-3-6-13-9/h3-4,6,8,10H,5,7,11H2,1-2H3. The van der Waals surface area contributed by atoms with Crippen LogP contribution in [0.4, 0.5) is 0 Å². The molecule has 0 spiro atoms. The topological polar surface area (TPSA) is 35.2 Å². The van der Waals surface area contributed by atoms with Crippen molar-refractivity contribution in [2.45, 2.75) is 18.2 Å². The second-order valence-electron chi connectivity index (χ2n) is 3.16. The van der Waals surface area contributed by atoms with Crippen molar-refractivity contribution in [3.8, 4) is 0 Å². The van der Waals surface area contributed by atoms with Crippen LogP contribution in [0, 0.1) is 0 Å². The predicted molar refractivity (Wildman–Crippen MR) is 65.0 cm³/mol. The zero-order valence-electron chi connectivity index (χ0n) is 8.60. The van der Waals surface area contributed by atoms with Crippen LogP contribution in [0.1, 0.15) is 17.1 Å². The normalized spacial score (nSPS) is 15.4. The summed E-state index contributed by atoms with van der Waals surface area (Å²) >= 11 is 3.65. The van der Waals surface area contributed by atoms with Crippen molar-refractivity contribution < 1.29 is 4.74 Å². The molecule has 0 saturated carbocycles. The molecule has 2 unspecified atom stereocenters. The minimum Gasteiger partial charge on any atom is -0.384 e. The van der Waals surface area contributed by atoms with Gasteiger partial charge in [-0.3, -0.25) is 0 Å². The third kappa shape index (κ3) is 3.61. The van der Waals surface area contributed by atoms with Crippen LogP contribution >= 0.6 is 23.1 Å². The SMILES string of the molecule is COCCSC(c1cccs1)C(C)N. The lowest BCUT2D eigenvalue weighted by molar-refractivity contribution is 0.218. The molecule has 0 aliphatic rings. The summed E-state index contributed by atoms with van der Waals surface area (Å²) < 4.78 is 5.03. The van der Waals surface area contributed by atoms with E-state index in [2.05, 4.69) is 24.4 Å². The van der Waals surface area contributed by atoms with Gasteiger partial charge in [0.1, 0.15) is 0 Å². The van der Waals surface area contributed by atoms with E-state index in [1.165, 1.54) is 4.88 Å². The van der Waals surface area contributed by atoms with Crippen LogP contribution in [-0.2, 0) is 4.74 Å². The zero-order chi connectivity index (χ0) is 10.4. The molecule has 0 aliphatic heterocycles. The maximum Gasteiger partial charge on any atom is 0.0553 e. The molecule has 2 atom stereocenters. The first-order valence-electron chi connectivity index (χ1n) is 4.65. The number of methoxy groups -OCH3 is 1. The Morgan fingerprint density at radius 1 is 1.64 bits per heavy atom. The monoisotopic (exact) mass is 231 g/mol. The summed E-state index contributed by atoms with van der Waals surface area (Å²) in [6.45, 7) is 2.85. The third-order valence-electron chi connectivity index (χ3n) is 1.89. The molecule has 1 heterocycles. The second kappa shape index (κ2) is 6.45. The van der Waals surface area contributed by atoms with Gasteiger partial charge in [0, 0.05) is 23.8 Å². The van der Waals surface area contributed by atoms with Gasteiger partial charge in [-0.05, 0) is 18.4 Å². The fraction of sp³-hybridized carbons (Fsp3) is 0.600. The molecule has 0 aliphatic carbocycles. The highest BCUT2D eigenvalue weighted by molar-refractivity contribution is 7.99. The Kier molecular flexibility index (Phi) is 5.55. The average molecular weight is 231 g/mol. The highest BCUT2D eigenvalue weighted by Gasteiger charge is 2.17. The molecule has 1 rings (SSSR count). The lowest BCUT2D eigenvalue weighted by Gasteiger charge is -2.18. The van der Waals surface area contributed by atoms with Crippen LogP contribution in [0.2, 0.25) is 0 Å². The first kappa shape index (κ1) is 12.0. The molecule has 0 radical (unpaired) electrons. The van der Waals surface area contributed by atoms with Crippen molar-refractivity contribution in [2.24, 2.45) is 5.73 Å². The Morgan fingerprint density at radius 2 is 2.43 bits per heavy atom. The fourth-order valence-corrected chi connectivity index (χ4v) is 3.46. The van der Waals surface area contributed by atoms with Gasteiger partial charge in [0.05, 0.1) is 11.9 Å². The summed E-state index contributed by atoms with van der Waals surface area (Å²) in [4.78, 5) is 1.36. The van der Waals surface area contributed by atoms with E-state index in [0.29, 0.717) is 5.25 Å². The third-order valence-corrected chi connectivity index (χ3v) is 4.44. The molecular formula is C10H17NOS2. The van der Waals surface area contributed by atoms with Gasteiger partial charge in [-0.25, -0.2) is 0 Å². The Balaban J connectivity index is 2.48. The number of hydrogen-bond donors (Lipinski definition) is 1. The van der Waals surface area contributed by atoms with Crippen molar-refractivity contribution in [1.29, 1.82) is 0 Å². The fourth-order valence-electron chi connectivity index (χ4n) is 1.20. The first-order valence-corrected chi connectivity index (χ1v) is 6.58. The maximum atomic E-state index is 5.96. The largest absolute Gasteiger partial charge is 0.384 e. The van der Waals surface area contributed by atoms with E-state index in [-0.39, 0.29) is 6.04 Å². The van der Waals surface area contributed by atoms with Crippen LogP contribution in [0.25, 0.3) is 0 Å². The molecule has 1 aromatic heterocycles. The Hall–Kier alpha value is -0.0300. The molecule has 2 nitrogen and oxygen atoms in total. The van der Waals surface area contributed by atoms with E-state index >= 15 is 0 Å². The number of rotatable bonds is 6. The average Bonchev–Trinajstić information content (AvgIpc) is 2.64. The molecule has 1 aromatic rings.